The highest BCUT2D eigenvalue weighted by Gasteiger charge is 2.26. The second-order valence-electron chi connectivity index (χ2n) is 5.51. The van der Waals surface area contributed by atoms with E-state index < -0.39 is 0 Å². The Morgan fingerprint density at radius 2 is 2.00 bits per heavy atom. The second-order valence-corrected chi connectivity index (χ2v) is 5.51. The highest BCUT2D eigenvalue weighted by atomic mass is 16.5. The summed E-state index contributed by atoms with van der Waals surface area (Å²) in [6.45, 7) is 7.35. The fraction of sp³-hybridized carbons (Fsp3) is 0.857. The quantitative estimate of drug-likeness (QED) is 0.706. The van der Waals surface area contributed by atoms with E-state index in [0.717, 1.165) is 19.4 Å². The topological polar surface area (TPSA) is 49.9 Å². The number of carbonyl (C=O) groups excluding carboxylic acids is 2. The average Bonchev–Trinajstić information content (AvgIpc) is 2.37. The van der Waals surface area contributed by atoms with Crippen LogP contribution in [0.15, 0.2) is 0 Å². The summed E-state index contributed by atoms with van der Waals surface area (Å²) in [6.07, 6.45) is 3.35. The van der Waals surface area contributed by atoms with Crippen LogP contribution in [0, 0.1) is 0 Å². The van der Waals surface area contributed by atoms with Crippen molar-refractivity contribution in [2.45, 2.75) is 52.1 Å². The molecule has 0 radical (unpaired) electrons. The number of methoxy groups -OCH3 is 1. The Hall–Kier alpha value is -1.10. The molecular weight excluding hydrogens is 244 g/mol. The molecule has 1 aliphatic heterocycles. The first kappa shape index (κ1) is 16.0. The van der Waals surface area contributed by atoms with Crippen LogP contribution in [-0.2, 0) is 14.3 Å². The maximum atomic E-state index is 12.3. The van der Waals surface area contributed by atoms with Crippen LogP contribution < -0.4 is 0 Å². The van der Waals surface area contributed by atoms with Crippen molar-refractivity contribution in [3.8, 4) is 0 Å². The molecule has 19 heavy (non-hydrogen) atoms. The number of ether oxygens (including phenoxy) is 1. The van der Waals surface area contributed by atoms with E-state index in [1.165, 1.54) is 13.5 Å². The summed E-state index contributed by atoms with van der Waals surface area (Å²) in [7, 11) is 1.37. The molecule has 5 heteroatoms. The zero-order valence-electron chi connectivity index (χ0n) is 12.5. The molecule has 1 rings (SSSR count). The molecule has 0 aromatic heterocycles. The lowest BCUT2D eigenvalue weighted by molar-refractivity contribution is -0.144. The van der Waals surface area contributed by atoms with Gasteiger partial charge in [0.2, 0.25) is 5.91 Å². The summed E-state index contributed by atoms with van der Waals surface area (Å²) in [5.74, 6) is -0.182. The van der Waals surface area contributed by atoms with Crippen molar-refractivity contribution in [2.75, 3.05) is 26.7 Å². The second kappa shape index (κ2) is 7.48. The Morgan fingerprint density at radius 3 is 2.53 bits per heavy atom. The van der Waals surface area contributed by atoms with E-state index in [9.17, 15) is 9.59 Å². The molecule has 0 aromatic carbocycles. The van der Waals surface area contributed by atoms with Gasteiger partial charge in [-0.05, 0) is 40.0 Å². The van der Waals surface area contributed by atoms with Crippen LogP contribution in [0.3, 0.4) is 0 Å². The predicted octanol–water partition coefficient (Wildman–Crippen LogP) is 1.27. The van der Waals surface area contributed by atoms with Crippen molar-refractivity contribution >= 4 is 11.9 Å². The monoisotopic (exact) mass is 270 g/mol. The molecule has 0 aliphatic carbocycles. The van der Waals surface area contributed by atoms with Crippen molar-refractivity contribution < 1.29 is 14.3 Å². The molecule has 1 aliphatic rings. The number of esters is 1. The molecule has 0 bridgehead atoms. The van der Waals surface area contributed by atoms with Crippen molar-refractivity contribution in [1.82, 2.24) is 9.80 Å². The Labute approximate surface area is 115 Å². The van der Waals surface area contributed by atoms with Gasteiger partial charge in [-0.25, -0.2) is 0 Å². The van der Waals surface area contributed by atoms with E-state index in [1.54, 1.807) is 0 Å². The van der Waals surface area contributed by atoms with Crippen LogP contribution in [0.25, 0.3) is 0 Å². The SMILES string of the molecule is COC(=O)CN(CC(=O)N1CCCCC1C)C(C)C. The van der Waals surface area contributed by atoms with Gasteiger partial charge in [0.15, 0.2) is 0 Å². The van der Waals surface area contributed by atoms with E-state index in [0.29, 0.717) is 6.04 Å². The van der Waals surface area contributed by atoms with E-state index in [4.69, 9.17) is 0 Å². The van der Waals surface area contributed by atoms with Crippen molar-refractivity contribution in [3.05, 3.63) is 0 Å². The number of amides is 1. The van der Waals surface area contributed by atoms with Gasteiger partial charge in [-0.3, -0.25) is 14.5 Å². The minimum Gasteiger partial charge on any atom is -0.468 e. The molecule has 1 unspecified atom stereocenters. The third kappa shape index (κ3) is 4.82. The van der Waals surface area contributed by atoms with Crippen LogP contribution >= 0.6 is 0 Å². The lowest BCUT2D eigenvalue weighted by Crippen LogP contribution is -2.49. The number of rotatable bonds is 5. The Morgan fingerprint density at radius 1 is 1.32 bits per heavy atom. The molecule has 1 atom stereocenters. The molecule has 1 fully saturated rings. The van der Waals surface area contributed by atoms with Crippen LogP contribution in [0.5, 0.6) is 0 Å². The van der Waals surface area contributed by atoms with Crippen molar-refractivity contribution in [1.29, 1.82) is 0 Å². The normalized spacial score (nSPS) is 19.9. The Kier molecular flexibility index (Phi) is 6.28. The van der Waals surface area contributed by atoms with Crippen LogP contribution in [0.2, 0.25) is 0 Å². The first-order chi connectivity index (χ1) is 8.95. The van der Waals surface area contributed by atoms with Gasteiger partial charge in [0.05, 0.1) is 20.2 Å². The number of likely N-dealkylation sites (tertiary alicyclic amines) is 1. The largest absolute Gasteiger partial charge is 0.468 e. The Balaban J connectivity index is 2.57. The average molecular weight is 270 g/mol. The molecule has 1 heterocycles. The molecular formula is C14H26N2O3. The van der Waals surface area contributed by atoms with Crippen LogP contribution in [0.1, 0.15) is 40.0 Å². The fourth-order valence-corrected chi connectivity index (χ4v) is 2.38. The highest BCUT2D eigenvalue weighted by Crippen LogP contribution is 2.17. The first-order valence-electron chi connectivity index (χ1n) is 7.06. The van der Waals surface area contributed by atoms with Gasteiger partial charge in [0.1, 0.15) is 0 Å². The number of piperidine rings is 1. The maximum absolute atomic E-state index is 12.3. The molecule has 1 amide bonds. The molecule has 1 saturated heterocycles. The zero-order valence-corrected chi connectivity index (χ0v) is 12.5. The summed E-state index contributed by atoms with van der Waals surface area (Å²) >= 11 is 0. The summed E-state index contributed by atoms with van der Waals surface area (Å²) in [5, 5.41) is 0. The summed E-state index contributed by atoms with van der Waals surface area (Å²) < 4.78 is 4.67. The molecule has 0 saturated carbocycles. The van der Waals surface area contributed by atoms with Gasteiger partial charge in [-0.15, -0.1) is 0 Å². The molecule has 0 spiro atoms. The van der Waals surface area contributed by atoms with Crippen molar-refractivity contribution in [3.63, 3.8) is 0 Å². The highest BCUT2D eigenvalue weighted by molar-refractivity contribution is 5.80. The summed E-state index contributed by atoms with van der Waals surface area (Å²) in [4.78, 5) is 27.5. The van der Waals surface area contributed by atoms with Gasteiger partial charge in [0.25, 0.3) is 0 Å². The molecule has 5 nitrogen and oxygen atoms in total. The fourth-order valence-electron chi connectivity index (χ4n) is 2.38. The standard InChI is InChI=1S/C14H26N2O3/c1-11(2)15(10-14(18)19-4)9-13(17)16-8-6-5-7-12(16)3/h11-12H,5-10H2,1-4H3. The predicted molar refractivity (Wildman–Crippen MR) is 73.8 cm³/mol. The summed E-state index contributed by atoms with van der Waals surface area (Å²) in [6, 6.07) is 0.455. The summed E-state index contributed by atoms with van der Waals surface area (Å²) in [5.41, 5.74) is 0. The minimum atomic E-state index is -0.298. The number of hydrogen-bond acceptors (Lipinski definition) is 4. The third-order valence-electron chi connectivity index (χ3n) is 3.75. The van der Waals surface area contributed by atoms with Gasteiger partial charge < -0.3 is 9.64 Å². The van der Waals surface area contributed by atoms with E-state index in [-0.39, 0.29) is 31.0 Å². The van der Waals surface area contributed by atoms with Gasteiger partial charge in [-0.2, -0.15) is 0 Å². The number of nitrogens with zero attached hydrogens (tertiary/aromatic N) is 2. The molecule has 0 N–H and O–H groups in total. The third-order valence-corrected chi connectivity index (χ3v) is 3.75. The lowest BCUT2D eigenvalue weighted by atomic mass is 10.0. The Bertz CT molecular complexity index is 318. The number of carbonyl (C=O) groups is 2. The lowest BCUT2D eigenvalue weighted by Gasteiger charge is -2.35. The van der Waals surface area contributed by atoms with Crippen LogP contribution in [0.4, 0.5) is 0 Å². The smallest absolute Gasteiger partial charge is 0.319 e. The van der Waals surface area contributed by atoms with E-state index in [1.807, 2.05) is 23.6 Å². The van der Waals surface area contributed by atoms with E-state index in [2.05, 4.69) is 11.7 Å². The van der Waals surface area contributed by atoms with Crippen LogP contribution in [-0.4, -0.2) is 60.5 Å². The van der Waals surface area contributed by atoms with Gasteiger partial charge in [0, 0.05) is 18.6 Å². The van der Waals surface area contributed by atoms with Gasteiger partial charge in [-0.1, -0.05) is 0 Å². The van der Waals surface area contributed by atoms with Crippen molar-refractivity contribution in [2.24, 2.45) is 0 Å². The number of hydrogen-bond donors (Lipinski definition) is 0. The molecule has 110 valence electrons. The first-order valence-corrected chi connectivity index (χ1v) is 7.06. The van der Waals surface area contributed by atoms with E-state index >= 15 is 0 Å². The maximum Gasteiger partial charge on any atom is 0.319 e. The minimum absolute atomic E-state index is 0.116. The molecule has 0 aromatic rings. The zero-order chi connectivity index (χ0) is 14.4. The van der Waals surface area contributed by atoms with Gasteiger partial charge >= 0.3 is 5.97 Å².